The van der Waals surface area contributed by atoms with Crippen molar-refractivity contribution in [3.63, 3.8) is 0 Å². The maximum absolute atomic E-state index is 12.3. The second kappa shape index (κ2) is 6.23. The van der Waals surface area contributed by atoms with E-state index in [1.165, 1.54) is 18.4 Å². The zero-order valence-electron chi connectivity index (χ0n) is 12.3. The van der Waals surface area contributed by atoms with Gasteiger partial charge in [-0.05, 0) is 42.4 Å². The predicted octanol–water partition coefficient (Wildman–Crippen LogP) is 3.80. The third kappa shape index (κ3) is 3.37. The van der Waals surface area contributed by atoms with Gasteiger partial charge in [0, 0.05) is 11.6 Å². The Morgan fingerprint density at radius 2 is 1.89 bits per heavy atom. The molecular formula is C17H25NO. The Morgan fingerprint density at radius 3 is 2.53 bits per heavy atom. The first-order valence-electron chi connectivity index (χ1n) is 7.51. The number of rotatable bonds is 3. The summed E-state index contributed by atoms with van der Waals surface area (Å²) in [5.41, 5.74) is 2.05. The lowest BCUT2D eigenvalue weighted by atomic mass is 9.78. The van der Waals surface area contributed by atoms with Crippen molar-refractivity contribution in [2.24, 2.45) is 11.8 Å². The standard InChI is InChI=1S/C17H25NO/c1-4-14-8-10-15(11-9-14)17(19)18-16-7-5-6-12(2)13(16)3/h8-13,16H,4-7H2,1-3H3,(H,18,19)/t12-,13+,16+/m0/s1. The normalized spacial score (nSPS) is 27.0. The van der Waals surface area contributed by atoms with Gasteiger partial charge in [-0.3, -0.25) is 4.79 Å². The van der Waals surface area contributed by atoms with E-state index in [-0.39, 0.29) is 5.91 Å². The quantitative estimate of drug-likeness (QED) is 0.879. The molecule has 19 heavy (non-hydrogen) atoms. The van der Waals surface area contributed by atoms with Crippen molar-refractivity contribution in [1.29, 1.82) is 0 Å². The molecule has 1 fully saturated rings. The van der Waals surface area contributed by atoms with Crippen LogP contribution in [0.2, 0.25) is 0 Å². The highest BCUT2D eigenvalue weighted by atomic mass is 16.1. The molecule has 1 aromatic carbocycles. The van der Waals surface area contributed by atoms with Gasteiger partial charge in [0.15, 0.2) is 0 Å². The number of nitrogens with one attached hydrogen (secondary N) is 1. The van der Waals surface area contributed by atoms with E-state index in [0.717, 1.165) is 18.4 Å². The summed E-state index contributed by atoms with van der Waals surface area (Å²) < 4.78 is 0. The first kappa shape index (κ1) is 14.1. The molecular weight excluding hydrogens is 234 g/mol. The van der Waals surface area contributed by atoms with Crippen molar-refractivity contribution < 1.29 is 4.79 Å². The van der Waals surface area contributed by atoms with Crippen LogP contribution < -0.4 is 5.32 Å². The molecule has 1 aliphatic carbocycles. The Balaban J connectivity index is 1.99. The minimum atomic E-state index is 0.0774. The van der Waals surface area contributed by atoms with E-state index in [1.54, 1.807) is 0 Å². The molecule has 1 aliphatic rings. The molecule has 0 aliphatic heterocycles. The Morgan fingerprint density at radius 1 is 1.21 bits per heavy atom. The summed E-state index contributed by atoms with van der Waals surface area (Å²) in [6.07, 6.45) is 4.65. The van der Waals surface area contributed by atoms with E-state index in [1.807, 2.05) is 24.3 Å². The van der Waals surface area contributed by atoms with E-state index in [0.29, 0.717) is 17.9 Å². The summed E-state index contributed by atoms with van der Waals surface area (Å²) in [6.45, 7) is 6.67. The minimum Gasteiger partial charge on any atom is -0.349 e. The van der Waals surface area contributed by atoms with Crippen molar-refractivity contribution in [2.45, 2.75) is 52.5 Å². The molecule has 0 heterocycles. The van der Waals surface area contributed by atoms with Gasteiger partial charge in [0.1, 0.15) is 0 Å². The number of benzene rings is 1. The van der Waals surface area contributed by atoms with Gasteiger partial charge in [-0.25, -0.2) is 0 Å². The second-order valence-corrected chi connectivity index (χ2v) is 5.90. The van der Waals surface area contributed by atoms with E-state index in [4.69, 9.17) is 0 Å². The molecule has 0 bridgehead atoms. The SMILES string of the molecule is CCc1ccc(C(=O)N[C@@H]2CCC[C@H](C)[C@H]2C)cc1. The van der Waals surface area contributed by atoms with Gasteiger partial charge in [0.2, 0.25) is 0 Å². The first-order valence-corrected chi connectivity index (χ1v) is 7.51. The van der Waals surface area contributed by atoms with Gasteiger partial charge in [0.05, 0.1) is 0 Å². The van der Waals surface area contributed by atoms with Crippen LogP contribution in [0.3, 0.4) is 0 Å². The molecule has 1 saturated carbocycles. The van der Waals surface area contributed by atoms with E-state index in [2.05, 4.69) is 26.1 Å². The summed E-state index contributed by atoms with van der Waals surface area (Å²) in [7, 11) is 0. The third-order valence-electron chi connectivity index (χ3n) is 4.65. The number of aryl methyl sites for hydroxylation is 1. The lowest BCUT2D eigenvalue weighted by Crippen LogP contribution is -2.43. The fourth-order valence-electron chi connectivity index (χ4n) is 2.93. The van der Waals surface area contributed by atoms with E-state index >= 15 is 0 Å². The van der Waals surface area contributed by atoms with Crippen LogP contribution >= 0.6 is 0 Å². The number of carbonyl (C=O) groups excluding carboxylic acids is 1. The maximum Gasteiger partial charge on any atom is 0.251 e. The van der Waals surface area contributed by atoms with Gasteiger partial charge >= 0.3 is 0 Å². The minimum absolute atomic E-state index is 0.0774. The molecule has 104 valence electrons. The topological polar surface area (TPSA) is 29.1 Å². The van der Waals surface area contributed by atoms with Gasteiger partial charge in [-0.1, -0.05) is 45.7 Å². The van der Waals surface area contributed by atoms with Crippen LogP contribution in [-0.2, 0) is 6.42 Å². The lowest BCUT2D eigenvalue weighted by Gasteiger charge is -2.34. The molecule has 0 saturated heterocycles. The fraction of sp³-hybridized carbons (Fsp3) is 0.588. The highest BCUT2D eigenvalue weighted by Crippen LogP contribution is 2.29. The number of carbonyl (C=O) groups is 1. The van der Waals surface area contributed by atoms with Gasteiger partial charge in [-0.2, -0.15) is 0 Å². The first-order chi connectivity index (χ1) is 9.11. The van der Waals surface area contributed by atoms with Crippen LogP contribution in [0.4, 0.5) is 0 Å². The molecule has 2 heteroatoms. The Kier molecular flexibility index (Phi) is 4.62. The zero-order chi connectivity index (χ0) is 13.8. The fourth-order valence-corrected chi connectivity index (χ4v) is 2.93. The number of hydrogen-bond donors (Lipinski definition) is 1. The summed E-state index contributed by atoms with van der Waals surface area (Å²) in [5.74, 6) is 1.36. The van der Waals surface area contributed by atoms with Gasteiger partial charge < -0.3 is 5.32 Å². The van der Waals surface area contributed by atoms with Crippen LogP contribution in [0, 0.1) is 11.8 Å². The average Bonchev–Trinajstić information content (AvgIpc) is 2.44. The molecule has 3 atom stereocenters. The van der Waals surface area contributed by atoms with Gasteiger partial charge in [-0.15, -0.1) is 0 Å². The van der Waals surface area contributed by atoms with Gasteiger partial charge in [0.25, 0.3) is 5.91 Å². The van der Waals surface area contributed by atoms with Crippen molar-refractivity contribution in [3.05, 3.63) is 35.4 Å². The third-order valence-corrected chi connectivity index (χ3v) is 4.65. The van der Waals surface area contributed by atoms with Crippen molar-refractivity contribution >= 4 is 5.91 Å². The molecule has 1 N–H and O–H groups in total. The molecule has 1 amide bonds. The van der Waals surface area contributed by atoms with Crippen LogP contribution in [-0.4, -0.2) is 11.9 Å². The number of amides is 1. The molecule has 0 spiro atoms. The largest absolute Gasteiger partial charge is 0.349 e. The van der Waals surface area contributed by atoms with Crippen LogP contribution in [0.5, 0.6) is 0 Å². The Bertz CT molecular complexity index is 423. The van der Waals surface area contributed by atoms with Crippen LogP contribution in [0.15, 0.2) is 24.3 Å². The highest BCUT2D eigenvalue weighted by molar-refractivity contribution is 5.94. The summed E-state index contributed by atoms with van der Waals surface area (Å²) >= 11 is 0. The lowest BCUT2D eigenvalue weighted by molar-refractivity contribution is 0.0891. The zero-order valence-corrected chi connectivity index (χ0v) is 12.3. The molecule has 2 rings (SSSR count). The summed E-state index contributed by atoms with van der Waals surface area (Å²) in [4.78, 5) is 12.3. The molecule has 2 nitrogen and oxygen atoms in total. The summed E-state index contributed by atoms with van der Waals surface area (Å²) in [6, 6.07) is 8.29. The summed E-state index contributed by atoms with van der Waals surface area (Å²) in [5, 5.41) is 3.21. The van der Waals surface area contributed by atoms with E-state index in [9.17, 15) is 4.79 Å². The Hall–Kier alpha value is -1.31. The molecule has 0 unspecified atom stereocenters. The average molecular weight is 259 g/mol. The Labute approximate surface area is 116 Å². The highest BCUT2D eigenvalue weighted by Gasteiger charge is 2.28. The second-order valence-electron chi connectivity index (χ2n) is 5.90. The van der Waals surface area contributed by atoms with E-state index < -0.39 is 0 Å². The van der Waals surface area contributed by atoms with Crippen LogP contribution in [0.1, 0.15) is 56.0 Å². The van der Waals surface area contributed by atoms with Crippen LogP contribution in [0.25, 0.3) is 0 Å². The number of hydrogen-bond acceptors (Lipinski definition) is 1. The molecule has 0 radical (unpaired) electrons. The smallest absolute Gasteiger partial charge is 0.251 e. The van der Waals surface area contributed by atoms with Crippen molar-refractivity contribution in [3.8, 4) is 0 Å². The predicted molar refractivity (Wildman–Crippen MR) is 79.3 cm³/mol. The molecule has 0 aromatic heterocycles. The van der Waals surface area contributed by atoms with Crippen molar-refractivity contribution in [1.82, 2.24) is 5.32 Å². The van der Waals surface area contributed by atoms with Crippen molar-refractivity contribution in [2.75, 3.05) is 0 Å². The maximum atomic E-state index is 12.3. The molecule has 1 aromatic rings. The monoisotopic (exact) mass is 259 g/mol.